The molecule has 0 amide bonds. The number of benzene rings is 1. The highest BCUT2D eigenvalue weighted by Gasteiger charge is 2.17. The summed E-state index contributed by atoms with van der Waals surface area (Å²) < 4.78 is 0. The lowest BCUT2D eigenvalue weighted by Gasteiger charge is -1.99. The van der Waals surface area contributed by atoms with Crippen molar-refractivity contribution in [1.82, 2.24) is 4.98 Å². The molecule has 0 unspecified atom stereocenters. The van der Waals surface area contributed by atoms with E-state index in [4.69, 9.17) is 10.8 Å². The lowest BCUT2D eigenvalue weighted by atomic mass is 10.1. The molecule has 0 saturated heterocycles. The molecule has 4 nitrogen and oxygen atoms in total. The Morgan fingerprint density at radius 1 is 1.41 bits per heavy atom. The largest absolute Gasteiger partial charge is 0.476 e. The highest BCUT2D eigenvalue weighted by atomic mass is 32.1. The van der Waals surface area contributed by atoms with Crippen LogP contribution in [0, 0.1) is 6.92 Å². The first-order chi connectivity index (χ1) is 8.11. The SMILES string of the molecule is Cc1ccc(-c2sc(CN)nc2C(=O)O)cc1. The van der Waals surface area contributed by atoms with Crippen molar-refractivity contribution in [2.24, 2.45) is 5.73 Å². The highest BCUT2D eigenvalue weighted by molar-refractivity contribution is 7.15. The first kappa shape index (κ1) is 11.8. The van der Waals surface area contributed by atoms with Gasteiger partial charge in [0.1, 0.15) is 5.01 Å². The third-order valence-electron chi connectivity index (χ3n) is 2.36. The van der Waals surface area contributed by atoms with Gasteiger partial charge in [0.2, 0.25) is 0 Å². The number of carboxylic acids is 1. The third-order valence-corrected chi connectivity index (χ3v) is 3.49. The molecule has 88 valence electrons. The average Bonchev–Trinajstić information content (AvgIpc) is 2.74. The zero-order chi connectivity index (χ0) is 12.4. The van der Waals surface area contributed by atoms with Crippen molar-refractivity contribution in [3.63, 3.8) is 0 Å². The summed E-state index contributed by atoms with van der Waals surface area (Å²) in [6.45, 7) is 2.25. The number of nitrogens with zero attached hydrogens (tertiary/aromatic N) is 1. The van der Waals surface area contributed by atoms with Gasteiger partial charge in [-0.1, -0.05) is 29.8 Å². The van der Waals surface area contributed by atoms with E-state index in [1.165, 1.54) is 11.3 Å². The standard InChI is InChI=1S/C12H12N2O2S/c1-7-2-4-8(5-3-7)11-10(12(15)16)14-9(6-13)17-11/h2-5H,6,13H2,1H3,(H,15,16). The van der Waals surface area contributed by atoms with E-state index >= 15 is 0 Å². The van der Waals surface area contributed by atoms with Gasteiger partial charge in [-0.2, -0.15) is 0 Å². The lowest BCUT2D eigenvalue weighted by molar-refractivity contribution is 0.0692. The van der Waals surface area contributed by atoms with E-state index in [-0.39, 0.29) is 12.2 Å². The van der Waals surface area contributed by atoms with E-state index in [2.05, 4.69) is 4.98 Å². The van der Waals surface area contributed by atoms with E-state index < -0.39 is 5.97 Å². The summed E-state index contributed by atoms with van der Waals surface area (Å²) in [6.07, 6.45) is 0. The molecule has 0 atom stereocenters. The summed E-state index contributed by atoms with van der Waals surface area (Å²) in [6, 6.07) is 7.69. The Labute approximate surface area is 103 Å². The summed E-state index contributed by atoms with van der Waals surface area (Å²) >= 11 is 1.33. The van der Waals surface area contributed by atoms with Crippen LogP contribution in [-0.4, -0.2) is 16.1 Å². The summed E-state index contributed by atoms with van der Waals surface area (Å²) in [4.78, 5) is 15.8. The van der Waals surface area contributed by atoms with Gasteiger partial charge in [-0.15, -0.1) is 11.3 Å². The number of hydrogen-bond acceptors (Lipinski definition) is 4. The zero-order valence-corrected chi connectivity index (χ0v) is 10.1. The van der Waals surface area contributed by atoms with E-state index in [1.54, 1.807) is 0 Å². The van der Waals surface area contributed by atoms with Gasteiger partial charge in [0.25, 0.3) is 0 Å². The van der Waals surface area contributed by atoms with E-state index in [0.717, 1.165) is 11.1 Å². The molecule has 0 bridgehead atoms. The van der Waals surface area contributed by atoms with Crippen molar-refractivity contribution in [3.8, 4) is 10.4 Å². The summed E-state index contributed by atoms with van der Waals surface area (Å²) in [5, 5.41) is 9.73. The first-order valence-electron chi connectivity index (χ1n) is 5.12. The second-order valence-electron chi connectivity index (χ2n) is 3.66. The summed E-state index contributed by atoms with van der Waals surface area (Å²) in [5.41, 5.74) is 7.57. The van der Waals surface area contributed by atoms with Crippen molar-refractivity contribution in [3.05, 3.63) is 40.5 Å². The normalized spacial score (nSPS) is 10.5. The Morgan fingerprint density at radius 3 is 2.59 bits per heavy atom. The second-order valence-corrected chi connectivity index (χ2v) is 4.74. The van der Waals surface area contributed by atoms with Gasteiger partial charge >= 0.3 is 5.97 Å². The molecule has 2 aromatic rings. The van der Waals surface area contributed by atoms with Gasteiger partial charge in [0.15, 0.2) is 5.69 Å². The third kappa shape index (κ3) is 2.35. The Hall–Kier alpha value is -1.72. The zero-order valence-electron chi connectivity index (χ0n) is 9.30. The van der Waals surface area contributed by atoms with Crippen LogP contribution in [0.2, 0.25) is 0 Å². The molecule has 0 spiro atoms. The Morgan fingerprint density at radius 2 is 2.06 bits per heavy atom. The number of carboxylic acid groups (broad SMARTS) is 1. The van der Waals surface area contributed by atoms with Gasteiger partial charge in [-0.05, 0) is 12.5 Å². The van der Waals surface area contributed by atoms with Crippen LogP contribution < -0.4 is 5.73 Å². The van der Waals surface area contributed by atoms with Crippen LogP contribution >= 0.6 is 11.3 Å². The van der Waals surface area contributed by atoms with Crippen molar-refractivity contribution in [1.29, 1.82) is 0 Å². The van der Waals surface area contributed by atoms with Gasteiger partial charge in [-0.25, -0.2) is 9.78 Å². The molecule has 0 aliphatic carbocycles. The second kappa shape index (κ2) is 4.65. The number of aryl methyl sites for hydroxylation is 1. The topological polar surface area (TPSA) is 76.2 Å². The molecule has 1 heterocycles. The molecule has 2 rings (SSSR count). The smallest absolute Gasteiger partial charge is 0.356 e. The predicted octanol–water partition coefficient (Wildman–Crippen LogP) is 2.28. The molecule has 0 aliphatic heterocycles. The highest BCUT2D eigenvalue weighted by Crippen LogP contribution is 2.30. The van der Waals surface area contributed by atoms with Crippen LogP contribution in [-0.2, 0) is 6.54 Å². The minimum atomic E-state index is -1.02. The number of aromatic carboxylic acids is 1. The number of rotatable bonds is 3. The number of thiazole rings is 1. The van der Waals surface area contributed by atoms with Crippen LogP contribution in [0.1, 0.15) is 21.1 Å². The maximum absolute atomic E-state index is 11.1. The maximum Gasteiger partial charge on any atom is 0.356 e. The molecule has 17 heavy (non-hydrogen) atoms. The first-order valence-corrected chi connectivity index (χ1v) is 5.93. The van der Waals surface area contributed by atoms with Crippen LogP contribution in [0.25, 0.3) is 10.4 Å². The monoisotopic (exact) mass is 248 g/mol. The fourth-order valence-electron chi connectivity index (χ4n) is 1.50. The molecule has 0 radical (unpaired) electrons. The molecule has 0 fully saturated rings. The average molecular weight is 248 g/mol. The molecule has 3 N–H and O–H groups in total. The fourth-order valence-corrected chi connectivity index (χ4v) is 2.44. The van der Waals surface area contributed by atoms with Crippen molar-refractivity contribution < 1.29 is 9.90 Å². The molecule has 5 heteroatoms. The Kier molecular flexibility index (Phi) is 3.21. The van der Waals surface area contributed by atoms with Gasteiger partial charge in [0, 0.05) is 6.54 Å². The molecule has 1 aromatic heterocycles. The van der Waals surface area contributed by atoms with Crippen LogP contribution in [0.4, 0.5) is 0 Å². The molecule has 0 saturated carbocycles. The van der Waals surface area contributed by atoms with Crippen molar-refractivity contribution in [2.75, 3.05) is 0 Å². The summed E-state index contributed by atoms with van der Waals surface area (Å²) in [7, 11) is 0. The van der Waals surface area contributed by atoms with E-state index in [1.807, 2.05) is 31.2 Å². The molecule has 1 aromatic carbocycles. The Balaban J connectivity index is 2.53. The Bertz CT molecular complexity index is 546. The predicted molar refractivity (Wildman–Crippen MR) is 67.1 cm³/mol. The molecule has 0 aliphatic rings. The van der Waals surface area contributed by atoms with Gasteiger partial charge in [-0.3, -0.25) is 0 Å². The van der Waals surface area contributed by atoms with Crippen LogP contribution in [0.5, 0.6) is 0 Å². The van der Waals surface area contributed by atoms with Crippen molar-refractivity contribution >= 4 is 17.3 Å². The molecular formula is C12H12N2O2S. The van der Waals surface area contributed by atoms with E-state index in [9.17, 15) is 4.79 Å². The number of aromatic nitrogens is 1. The quantitative estimate of drug-likeness (QED) is 0.873. The molecular weight excluding hydrogens is 236 g/mol. The minimum Gasteiger partial charge on any atom is -0.476 e. The van der Waals surface area contributed by atoms with Gasteiger partial charge in [0.05, 0.1) is 4.88 Å². The maximum atomic E-state index is 11.1. The van der Waals surface area contributed by atoms with Crippen molar-refractivity contribution in [2.45, 2.75) is 13.5 Å². The number of carbonyl (C=O) groups is 1. The van der Waals surface area contributed by atoms with Gasteiger partial charge < -0.3 is 10.8 Å². The van der Waals surface area contributed by atoms with Crippen LogP contribution in [0.15, 0.2) is 24.3 Å². The summed E-state index contributed by atoms with van der Waals surface area (Å²) in [5.74, 6) is -1.02. The minimum absolute atomic E-state index is 0.0827. The number of hydrogen-bond donors (Lipinski definition) is 2. The fraction of sp³-hybridized carbons (Fsp3) is 0.167. The van der Waals surface area contributed by atoms with Crippen LogP contribution in [0.3, 0.4) is 0 Å². The lowest BCUT2D eigenvalue weighted by Crippen LogP contribution is -2.01. The van der Waals surface area contributed by atoms with E-state index in [0.29, 0.717) is 9.88 Å². The number of nitrogens with two attached hydrogens (primary N) is 1.